The molecule has 3 atom stereocenters. The Morgan fingerprint density at radius 1 is 1.00 bits per heavy atom. The van der Waals surface area contributed by atoms with Gasteiger partial charge in [-0.2, -0.15) is 4.98 Å². The molecule has 8 nitrogen and oxygen atoms in total. The summed E-state index contributed by atoms with van der Waals surface area (Å²) in [5.74, 6) is 4.38. The summed E-state index contributed by atoms with van der Waals surface area (Å²) in [5.41, 5.74) is 5.15. The van der Waals surface area contributed by atoms with Crippen LogP contribution in [0.4, 0.5) is 17.5 Å². The summed E-state index contributed by atoms with van der Waals surface area (Å²) in [6, 6.07) is 7.05. The maximum atomic E-state index is 12.9. The molecule has 0 radical (unpaired) electrons. The van der Waals surface area contributed by atoms with Crippen LogP contribution >= 0.6 is 0 Å². The number of rotatable bonds is 5. The maximum Gasteiger partial charge on any atom is 0.227 e. The van der Waals surface area contributed by atoms with E-state index in [-0.39, 0.29) is 5.54 Å². The van der Waals surface area contributed by atoms with Crippen LogP contribution in [0.15, 0.2) is 35.5 Å². The van der Waals surface area contributed by atoms with E-state index in [4.69, 9.17) is 9.97 Å². The van der Waals surface area contributed by atoms with Crippen LogP contribution < -0.4 is 15.1 Å². The van der Waals surface area contributed by atoms with Gasteiger partial charge >= 0.3 is 0 Å². The summed E-state index contributed by atoms with van der Waals surface area (Å²) >= 11 is 0. The summed E-state index contributed by atoms with van der Waals surface area (Å²) < 4.78 is 12.9. The Balaban J connectivity index is 1.05. The Hall–Kier alpha value is -2.94. The molecule has 36 heavy (non-hydrogen) atoms. The van der Waals surface area contributed by atoms with Crippen LogP contribution in [0.1, 0.15) is 41.9 Å². The van der Waals surface area contributed by atoms with Crippen molar-refractivity contribution in [1.82, 2.24) is 19.9 Å². The predicted molar refractivity (Wildman–Crippen MR) is 140 cm³/mol. The van der Waals surface area contributed by atoms with Gasteiger partial charge in [-0.3, -0.25) is 4.21 Å². The Kier molecular flexibility index (Phi) is 4.57. The van der Waals surface area contributed by atoms with E-state index in [1.807, 2.05) is 6.20 Å². The van der Waals surface area contributed by atoms with E-state index in [9.17, 15) is 4.21 Å². The molecule has 0 bridgehead atoms. The van der Waals surface area contributed by atoms with Crippen LogP contribution in [0.5, 0.6) is 0 Å². The molecule has 3 fully saturated rings. The standard InChI is InChI=1S/C27H31N7OS/c35-36-11-6-22-23(36)24(32-27(7-1-8-27)25-28-9-10-29-25)31-26(30-22)34-15-19-13-33(14-20(19)16-34)21-5-4-17-2-3-18(17)12-21/h4-5,9-10,12,19-20H,1-3,6-8,11,13-16H2,(H,28,29)(H,30,31,32)/t19?,20?,36-/m0/s1. The van der Waals surface area contributed by atoms with Crippen LogP contribution in [0, 0.1) is 11.8 Å². The van der Waals surface area contributed by atoms with Crippen LogP contribution in [0.2, 0.25) is 0 Å². The molecular formula is C27H31N7OS. The lowest BCUT2D eigenvalue weighted by molar-refractivity contribution is 0.268. The third-order valence-corrected chi connectivity index (χ3v) is 10.6. The second-order valence-electron chi connectivity index (χ2n) is 11.2. The maximum absolute atomic E-state index is 12.9. The number of anilines is 3. The third-order valence-electron chi connectivity index (χ3n) is 9.18. The van der Waals surface area contributed by atoms with Crippen molar-refractivity contribution < 1.29 is 4.21 Å². The van der Waals surface area contributed by atoms with Crippen LogP contribution in [-0.4, -0.2) is 56.1 Å². The van der Waals surface area contributed by atoms with Crippen molar-refractivity contribution in [2.75, 3.05) is 47.0 Å². The lowest BCUT2D eigenvalue weighted by Crippen LogP contribution is -2.43. The van der Waals surface area contributed by atoms with Crippen LogP contribution in [-0.2, 0) is 35.6 Å². The van der Waals surface area contributed by atoms with E-state index in [0.29, 0.717) is 17.6 Å². The molecule has 2 N–H and O–H groups in total. The monoisotopic (exact) mass is 501 g/mol. The normalized spacial score (nSPS) is 27.3. The summed E-state index contributed by atoms with van der Waals surface area (Å²) in [6.07, 6.45) is 10.0. The Bertz CT molecular complexity index is 1350. The highest BCUT2D eigenvalue weighted by molar-refractivity contribution is 7.85. The van der Waals surface area contributed by atoms with Gasteiger partial charge in [-0.25, -0.2) is 9.97 Å². The number of aromatic amines is 1. The molecule has 9 heteroatoms. The number of nitrogens with zero attached hydrogens (tertiary/aromatic N) is 5. The largest absolute Gasteiger partial charge is 0.371 e. The summed E-state index contributed by atoms with van der Waals surface area (Å²) in [4.78, 5) is 23.6. The van der Waals surface area contributed by atoms with Gasteiger partial charge < -0.3 is 20.1 Å². The molecule has 1 aromatic carbocycles. The van der Waals surface area contributed by atoms with Gasteiger partial charge in [0.25, 0.3) is 0 Å². The van der Waals surface area contributed by atoms with E-state index in [1.54, 1.807) is 6.20 Å². The minimum Gasteiger partial charge on any atom is -0.371 e. The van der Waals surface area contributed by atoms with E-state index >= 15 is 0 Å². The summed E-state index contributed by atoms with van der Waals surface area (Å²) in [5, 5.41) is 3.71. The van der Waals surface area contributed by atoms with Gasteiger partial charge in [0.15, 0.2) is 0 Å². The minimum absolute atomic E-state index is 0.255. The molecule has 3 aromatic rings. The SMILES string of the molecule is O=[S@]1CCc2nc(N3CC4CN(c5ccc6c(c5)CC6)CC4C3)nc(NC3(c4ncc[nH]4)CCC3)c21. The molecule has 2 aliphatic carbocycles. The molecule has 8 rings (SSSR count). The molecule has 1 saturated carbocycles. The van der Waals surface area contributed by atoms with E-state index in [1.165, 1.54) is 29.7 Å². The smallest absolute Gasteiger partial charge is 0.227 e. The van der Waals surface area contributed by atoms with Gasteiger partial charge in [0.1, 0.15) is 16.5 Å². The van der Waals surface area contributed by atoms with E-state index in [2.05, 4.69) is 43.3 Å². The van der Waals surface area contributed by atoms with Gasteiger partial charge in [-0.15, -0.1) is 0 Å². The first kappa shape index (κ1) is 21.2. The fourth-order valence-electron chi connectivity index (χ4n) is 6.86. The Labute approximate surface area is 213 Å². The number of hydrogen-bond donors (Lipinski definition) is 2. The molecule has 186 valence electrons. The second kappa shape index (κ2) is 7.78. The average molecular weight is 502 g/mol. The van der Waals surface area contributed by atoms with Crippen molar-refractivity contribution >= 4 is 28.3 Å². The van der Waals surface area contributed by atoms with Crippen molar-refractivity contribution in [3.63, 3.8) is 0 Å². The first-order valence-corrected chi connectivity index (χ1v) is 14.7. The van der Waals surface area contributed by atoms with E-state index in [0.717, 1.165) is 80.0 Å². The van der Waals surface area contributed by atoms with Gasteiger partial charge in [0.05, 0.1) is 22.0 Å². The fourth-order valence-corrected chi connectivity index (χ4v) is 8.17. The van der Waals surface area contributed by atoms with Crippen molar-refractivity contribution in [1.29, 1.82) is 0 Å². The predicted octanol–water partition coefficient (Wildman–Crippen LogP) is 3.03. The molecule has 2 unspecified atom stereocenters. The lowest BCUT2D eigenvalue weighted by Gasteiger charge is -2.41. The number of imidazole rings is 1. The number of hydrogen-bond acceptors (Lipinski definition) is 7. The topological polar surface area (TPSA) is 90.0 Å². The average Bonchev–Trinajstić information content (AvgIpc) is 3.61. The van der Waals surface area contributed by atoms with Crippen molar-refractivity contribution in [3.8, 4) is 0 Å². The van der Waals surface area contributed by atoms with Crippen molar-refractivity contribution in [2.45, 2.75) is 49.0 Å². The highest BCUT2D eigenvalue weighted by atomic mass is 32.2. The summed E-state index contributed by atoms with van der Waals surface area (Å²) in [7, 11) is -1.05. The van der Waals surface area contributed by atoms with E-state index < -0.39 is 10.8 Å². The van der Waals surface area contributed by atoms with Gasteiger partial charge in [0.2, 0.25) is 5.95 Å². The van der Waals surface area contributed by atoms with Crippen LogP contribution in [0.3, 0.4) is 0 Å². The zero-order chi connectivity index (χ0) is 23.9. The third kappa shape index (κ3) is 3.17. The molecular weight excluding hydrogens is 470 g/mol. The van der Waals surface area contributed by atoms with Crippen molar-refractivity contribution in [3.05, 3.63) is 53.2 Å². The Morgan fingerprint density at radius 2 is 1.81 bits per heavy atom. The number of nitrogens with one attached hydrogen (secondary N) is 2. The van der Waals surface area contributed by atoms with Crippen molar-refractivity contribution in [2.24, 2.45) is 11.8 Å². The molecule has 3 aliphatic heterocycles. The van der Waals surface area contributed by atoms with Gasteiger partial charge in [-0.1, -0.05) is 6.07 Å². The number of aryl methyl sites for hydroxylation is 3. The quantitative estimate of drug-likeness (QED) is 0.555. The second-order valence-corrected chi connectivity index (χ2v) is 12.7. The van der Waals surface area contributed by atoms with Gasteiger partial charge in [0, 0.05) is 68.3 Å². The molecule has 0 amide bonds. The molecule has 2 aromatic heterocycles. The zero-order valence-electron chi connectivity index (χ0n) is 20.4. The highest BCUT2D eigenvalue weighted by Gasteiger charge is 2.44. The number of fused-ring (bicyclic) bond motifs is 3. The first-order valence-electron chi connectivity index (χ1n) is 13.3. The zero-order valence-corrected chi connectivity index (χ0v) is 21.2. The van der Waals surface area contributed by atoms with Crippen LogP contribution in [0.25, 0.3) is 0 Å². The number of aromatic nitrogens is 4. The van der Waals surface area contributed by atoms with Gasteiger partial charge in [-0.05, 0) is 55.4 Å². The summed E-state index contributed by atoms with van der Waals surface area (Å²) in [6.45, 7) is 4.16. The molecule has 2 saturated heterocycles. The molecule has 5 heterocycles. The number of benzene rings is 1. The molecule has 0 spiro atoms. The number of H-pyrrole nitrogens is 1. The highest BCUT2D eigenvalue weighted by Crippen LogP contribution is 2.45. The Morgan fingerprint density at radius 3 is 2.47 bits per heavy atom. The lowest BCUT2D eigenvalue weighted by atomic mass is 9.76. The first-order chi connectivity index (χ1) is 17.6. The minimum atomic E-state index is -1.05. The fraction of sp³-hybridized carbons (Fsp3) is 0.519. The molecule has 5 aliphatic rings.